The maximum absolute atomic E-state index is 16.2. The SMILES string of the molecule is CCC(C)n1nnc2c1CCCCCC2(F)Cc1ccc(C(=O)OC)cc1. The number of carbonyl (C=O) groups is 1. The minimum absolute atomic E-state index is 0.212. The Labute approximate surface area is 159 Å². The third-order valence-electron chi connectivity index (χ3n) is 5.57. The highest BCUT2D eigenvalue weighted by Gasteiger charge is 2.39. The molecule has 1 aliphatic carbocycles. The number of esters is 1. The van der Waals surface area contributed by atoms with Crippen LogP contribution >= 0.6 is 0 Å². The van der Waals surface area contributed by atoms with Crippen molar-refractivity contribution in [2.24, 2.45) is 0 Å². The standard InChI is InChI=1S/C21H28FN3O2/c1-4-15(2)25-18-8-6-5-7-13-21(22,19(18)23-24-25)14-16-9-11-17(12-10-16)20(26)27-3/h9-12,15H,4-8,13-14H2,1-3H3. The van der Waals surface area contributed by atoms with Crippen molar-refractivity contribution in [2.75, 3.05) is 7.11 Å². The van der Waals surface area contributed by atoms with Crippen LogP contribution in [0.1, 0.15) is 79.3 Å². The highest BCUT2D eigenvalue weighted by molar-refractivity contribution is 5.89. The molecule has 1 heterocycles. The number of ether oxygens (including phenoxy) is 1. The maximum atomic E-state index is 16.2. The van der Waals surface area contributed by atoms with Crippen molar-refractivity contribution in [3.63, 3.8) is 0 Å². The third-order valence-corrected chi connectivity index (χ3v) is 5.57. The summed E-state index contributed by atoms with van der Waals surface area (Å²) in [6, 6.07) is 7.18. The summed E-state index contributed by atoms with van der Waals surface area (Å²) in [5, 5.41) is 8.60. The molecule has 0 saturated heterocycles. The first kappa shape index (κ1) is 19.5. The van der Waals surface area contributed by atoms with E-state index in [-0.39, 0.29) is 18.4 Å². The zero-order chi connectivity index (χ0) is 19.4. The van der Waals surface area contributed by atoms with E-state index in [9.17, 15) is 4.79 Å². The predicted octanol–water partition coefficient (Wildman–Crippen LogP) is 4.56. The van der Waals surface area contributed by atoms with E-state index in [4.69, 9.17) is 4.74 Å². The van der Waals surface area contributed by atoms with Crippen LogP contribution in [0.25, 0.3) is 0 Å². The van der Waals surface area contributed by atoms with Crippen LogP contribution in [0.3, 0.4) is 0 Å². The molecule has 2 atom stereocenters. The van der Waals surface area contributed by atoms with E-state index in [2.05, 4.69) is 24.2 Å². The summed E-state index contributed by atoms with van der Waals surface area (Å²) in [4.78, 5) is 11.6. The van der Waals surface area contributed by atoms with Gasteiger partial charge in [-0.1, -0.05) is 30.7 Å². The van der Waals surface area contributed by atoms with Gasteiger partial charge in [0.1, 0.15) is 5.69 Å². The molecule has 1 aromatic heterocycles. The van der Waals surface area contributed by atoms with Gasteiger partial charge in [-0.2, -0.15) is 0 Å². The van der Waals surface area contributed by atoms with Gasteiger partial charge in [0.05, 0.1) is 24.4 Å². The molecule has 0 saturated carbocycles. The van der Waals surface area contributed by atoms with Gasteiger partial charge in [0.2, 0.25) is 0 Å². The highest BCUT2D eigenvalue weighted by atomic mass is 19.1. The van der Waals surface area contributed by atoms with Gasteiger partial charge in [-0.25, -0.2) is 13.9 Å². The zero-order valence-corrected chi connectivity index (χ0v) is 16.4. The van der Waals surface area contributed by atoms with Crippen molar-refractivity contribution in [3.8, 4) is 0 Å². The fraction of sp³-hybridized carbons (Fsp3) is 0.571. The largest absolute Gasteiger partial charge is 0.465 e. The molecule has 0 radical (unpaired) electrons. The van der Waals surface area contributed by atoms with E-state index in [1.807, 2.05) is 4.68 Å². The average Bonchev–Trinajstić information content (AvgIpc) is 3.10. The second-order valence-electron chi connectivity index (χ2n) is 7.48. The number of fused-ring (bicyclic) bond motifs is 1. The van der Waals surface area contributed by atoms with Crippen molar-refractivity contribution < 1.29 is 13.9 Å². The fourth-order valence-corrected chi connectivity index (χ4v) is 3.79. The lowest BCUT2D eigenvalue weighted by molar-refractivity contribution is 0.0600. The van der Waals surface area contributed by atoms with Crippen LogP contribution in [0.2, 0.25) is 0 Å². The molecule has 5 nitrogen and oxygen atoms in total. The minimum Gasteiger partial charge on any atom is -0.465 e. The molecule has 2 aromatic rings. The van der Waals surface area contributed by atoms with Gasteiger partial charge in [0.15, 0.2) is 5.67 Å². The Morgan fingerprint density at radius 2 is 2.04 bits per heavy atom. The van der Waals surface area contributed by atoms with Gasteiger partial charge in [0.25, 0.3) is 0 Å². The van der Waals surface area contributed by atoms with E-state index in [0.29, 0.717) is 17.7 Å². The second-order valence-corrected chi connectivity index (χ2v) is 7.48. The van der Waals surface area contributed by atoms with Crippen LogP contribution in [0.5, 0.6) is 0 Å². The molecule has 0 amide bonds. The quantitative estimate of drug-likeness (QED) is 0.721. The Morgan fingerprint density at radius 1 is 1.30 bits per heavy atom. The first-order valence-corrected chi connectivity index (χ1v) is 9.79. The van der Waals surface area contributed by atoms with E-state index in [1.54, 1.807) is 24.3 Å². The number of hydrogen-bond donors (Lipinski definition) is 0. The minimum atomic E-state index is -1.53. The Kier molecular flexibility index (Phi) is 5.92. The second kappa shape index (κ2) is 8.19. The van der Waals surface area contributed by atoms with E-state index in [0.717, 1.165) is 43.4 Å². The third kappa shape index (κ3) is 4.04. The summed E-state index contributed by atoms with van der Waals surface area (Å²) < 4.78 is 22.8. The molecule has 1 aromatic carbocycles. The van der Waals surface area contributed by atoms with E-state index >= 15 is 4.39 Å². The summed E-state index contributed by atoms with van der Waals surface area (Å²) in [6.07, 6.45) is 5.33. The number of benzene rings is 1. The van der Waals surface area contributed by atoms with Crippen LogP contribution in [-0.2, 0) is 23.2 Å². The zero-order valence-electron chi connectivity index (χ0n) is 16.4. The van der Waals surface area contributed by atoms with Crippen LogP contribution in [-0.4, -0.2) is 28.1 Å². The number of hydrogen-bond acceptors (Lipinski definition) is 4. The molecule has 3 rings (SSSR count). The topological polar surface area (TPSA) is 57.0 Å². The number of alkyl halides is 1. The van der Waals surface area contributed by atoms with Crippen LogP contribution in [0.15, 0.2) is 24.3 Å². The number of carbonyl (C=O) groups excluding carboxylic acids is 1. The van der Waals surface area contributed by atoms with Gasteiger partial charge in [-0.05, 0) is 56.7 Å². The Bertz CT molecular complexity index is 787. The van der Waals surface area contributed by atoms with Gasteiger partial charge in [0, 0.05) is 6.42 Å². The lowest BCUT2D eigenvalue weighted by Gasteiger charge is -2.27. The van der Waals surface area contributed by atoms with E-state index < -0.39 is 5.67 Å². The Balaban J connectivity index is 1.92. The molecule has 0 spiro atoms. The molecule has 0 bridgehead atoms. The summed E-state index contributed by atoms with van der Waals surface area (Å²) in [5.41, 5.74) is 1.22. The van der Waals surface area contributed by atoms with Crippen LogP contribution in [0, 0.1) is 0 Å². The molecule has 27 heavy (non-hydrogen) atoms. The normalized spacial score (nSPS) is 21.0. The van der Waals surface area contributed by atoms with Crippen molar-refractivity contribution in [1.29, 1.82) is 0 Å². The molecule has 0 aliphatic heterocycles. The highest BCUT2D eigenvalue weighted by Crippen LogP contribution is 2.39. The van der Waals surface area contributed by atoms with Gasteiger partial charge in [-0.3, -0.25) is 0 Å². The summed E-state index contributed by atoms with van der Waals surface area (Å²) in [5.74, 6) is -0.388. The number of rotatable bonds is 5. The summed E-state index contributed by atoms with van der Waals surface area (Å²) in [6.45, 7) is 4.20. The lowest BCUT2D eigenvalue weighted by Crippen LogP contribution is -2.27. The monoisotopic (exact) mass is 373 g/mol. The molecular weight excluding hydrogens is 345 g/mol. The number of methoxy groups -OCH3 is 1. The lowest BCUT2D eigenvalue weighted by atomic mass is 9.84. The van der Waals surface area contributed by atoms with Gasteiger partial charge in [-0.15, -0.1) is 5.10 Å². The predicted molar refractivity (Wildman–Crippen MR) is 101 cm³/mol. The number of nitrogens with zero attached hydrogens (tertiary/aromatic N) is 3. The number of aromatic nitrogens is 3. The molecule has 0 N–H and O–H groups in total. The van der Waals surface area contributed by atoms with Gasteiger partial charge >= 0.3 is 5.97 Å². The van der Waals surface area contributed by atoms with Crippen LogP contribution in [0.4, 0.5) is 4.39 Å². The molecular formula is C21H28FN3O2. The summed E-state index contributed by atoms with van der Waals surface area (Å²) >= 11 is 0. The first-order chi connectivity index (χ1) is 13.0. The van der Waals surface area contributed by atoms with Crippen molar-refractivity contribution in [3.05, 3.63) is 46.8 Å². The molecule has 0 fully saturated rings. The number of halogens is 1. The Hall–Kier alpha value is -2.24. The molecule has 146 valence electrons. The van der Waals surface area contributed by atoms with Crippen molar-refractivity contribution in [1.82, 2.24) is 15.0 Å². The smallest absolute Gasteiger partial charge is 0.337 e. The Morgan fingerprint density at radius 3 is 2.70 bits per heavy atom. The van der Waals surface area contributed by atoms with Crippen molar-refractivity contribution in [2.45, 2.75) is 70.5 Å². The summed E-state index contributed by atoms with van der Waals surface area (Å²) in [7, 11) is 1.35. The fourth-order valence-electron chi connectivity index (χ4n) is 3.79. The molecule has 1 aliphatic rings. The van der Waals surface area contributed by atoms with E-state index in [1.165, 1.54) is 7.11 Å². The average molecular weight is 373 g/mol. The van der Waals surface area contributed by atoms with Gasteiger partial charge < -0.3 is 4.74 Å². The maximum Gasteiger partial charge on any atom is 0.337 e. The van der Waals surface area contributed by atoms with Crippen molar-refractivity contribution >= 4 is 5.97 Å². The first-order valence-electron chi connectivity index (χ1n) is 9.79. The molecule has 2 unspecified atom stereocenters. The van der Waals surface area contributed by atoms with Crippen LogP contribution < -0.4 is 0 Å². The molecule has 6 heteroatoms.